The quantitative estimate of drug-likeness (QED) is 0.123. The molecular weight excluding hydrogens is 1360 g/mol. The average molecular weight is 1430 g/mol. The van der Waals surface area contributed by atoms with Crippen LogP contribution in [0.3, 0.4) is 0 Å². The fraction of sp³-hybridized carbons (Fsp3) is 0.143. The molecule has 0 fully saturated rings. The number of ether oxygens (including phenoxy) is 1. The van der Waals surface area contributed by atoms with Crippen molar-refractivity contribution in [2.45, 2.75) is 75.5 Å². The number of hydrogen-bond donors (Lipinski definition) is 0. The van der Waals surface area contributed by atoms with E-state index in [4.69, 9.17) is 13.8 Å². The maximum Gasteiger partial charge on any atom is 0.268 e. The Hall–Kier alpha value is -10.5. The Kier molecular flexibility index (Phi) is 10.9. The summed E-state index contributed by atoms with van der Waals surface area (Å²) in [5.74, 6) is 1.74. The molecule has 0 radical (unpaired) electrons. The molecule has 5 nitrogen and oxygen atoms in total. The molecule has 0 N–H and O–H groups in total. The van der Waals surface area contributed by atoms with Crippen LogP contribution in [0.2, 0.25) is 0 Å². The third-order valence-corrected chi connectivity index (χ3v) is 23.6. The van der Waals surface area contributed by atoms with Crippen molar-refractivity contribution in [2.24, 2.45) is 5.41 Å². The fourth-order valence-corrected chi connectivity index (χ4v) is 20.2. The zero-order chi connectivity index (χ0) is 68.8. The third kappa shape index (κ3) is 7.12. The standard InChI is InChI=1S/C91H66N4O.Pt/c1-86(2,3)59-47-48-92-83(52-59)95-80-42-22-15-33-68(80)69-45-44-62(54-81(69)95)96-61-28-23-27-60(53-61)93-55-94-84-63(56-25-9-8-10-26-56)34-24-35-70(84)66-31-13-11-29-64(66)65-30-12-14-32-67(65)71-49-58(51-82(93)85(71)94)57-43-46-78-79(50-57)90(7)77-41-21-20-40-76(77)88(5)73-37-17-16-36-72(73)87(4)74-38-18-19-39-75(74)89(78,6)91(87,88)90;/h8-52H,1-7H3;/q-2;/i8D,9D,10D,25D,26D;. The first-order chi connectivity index (χ1) is 48.8. The third-order valence-electron chi connectivity index (χ3n) is 23.6. The second-order valence-corrected chi connectivity index (χ2v) is 28.7. The normalized spacial score (nSPS) is 21.6. The van der Waals surface area contributed by atoms with E-state index < -0.39 is 34.4 Å². The van der Waals surface area contributed by atoms with Gasteiger partial charge >= 0.3 is 0 Å². The largest absolute Gasteiger partial charge is 0.510 e. The van der Waals surface area contributed by atoms with Gasteiger partial charge in [0.05, 0.1) is 23.6 Å². The van der Waals surface area contributed by atoms with Crippen LogP contribution in [0, 0.1) is 23.9 Å². The summed E-state index contributed by atoms with van der Waals surface area (Å²) in [5.41, 5.74) is 22.8. The van der Waals surface area contributed by atoms with E-state index in [2.05, 4.69) is 275 Å². The molecule has 3 aromatic heterocycles. The van der Waals surface area contributed by atoms with Crippen LogP contribution in [0.25, 0.3) is 106 Å². The molecule has 97 heavy (non-hydrogen) atoms. The number of fused-ring (bicyclic) bond motifs is 22. The monoisotopic (exact) mass is 1430 g/mol. The SMILES string of the molecule is [2H]c1c([2H])c([2H])c(-c2cccc3c2-[n+]2[c-]n(-c4[c-]c(Oc5[c-]c6c(cc5)c5ccccc5n6-c5cc(C(C)(C)C)ccn5)ccc4)c4cc(-c5ccc6c(c5)C5(C)c7ccccc7C7(C)c8ccccc8C8(C)c9ccccc9C6(C)C875)cc(c42)-c2ccccc2-c2ccccc2-3)c([2H])c1[2H].[Pt]. The molecule has 5 atom stereocenters. The second-order valence-electron chi connectivity index (χ2n) is 28.7. The van der Waals surface area contributed by atoms with Gasteiger partial charge in [-0.3, -0.25) is 4.57 Å². The minimum absolute atomic E-state index is 0. The summed E-state index contributed by atoms with van der Waals surface area (Å²) in [4.78, 5) is 4.95. The van der Waals surface area contributed by atoms with Crippen molar-refractivity contribution in [2.75, 3.05) is 0 Å². The maximum atomic E-state index is 9.61. The van der Waals surface area contributed by atoms with Crippen LogP contribution in [-0.4, -0.2) is 14.1 Å². The Morgan fingerprint density at radius 3 is 1.62 bits per heavy atom. The van der Waals surface area contributed by atoms with Gasteiger partial charge in [-0.25, -0.2) is 4.98 Å². The van der Waals surface area contributed by atoms with E-state index >= 15 is 0 Å². The van der Waals surface area contributed by atoms with Crippen molar-refractivity contribution in [3.05, 3.63) is 342 Å². The Morgan fingerprint density at radius 2 is 0.979 bits per heavy atom. The van der Waals surface area contributed by atoms with Crippen molar-refractivity contribution in [3.8, 4) is 84.3 Å². The van der Waals surface area contributed by atoms with Gasteiger partial charge in [0.2, 0.25) is 0 Å². The van der Waals surface area contributed by atoms with Crippen molar-refractivity contribution in [3.63, 3.8) is 0 Å². The first-order valence-corrected chi connectivity index (χ1v) is 33.4. The summed E-state index contributed by atoms with van der Waals surface area (Å²) in [7, 11) is 0. The van der Waals surface area contributed by atoms with Crippen molar-refractivity contribution in [1.29, 1.82) is 0 Å². The van der Waals surface area contributed by atoms with Gasteiger partial charge in [0, 0.05) is 71.4 Å². The predicted octanol–water partition coefficient (Wildman–Crippen LogP) is 21.1. The number of imidazole rings is 1. The van der Waals surface area contributed by atoms with E-state index in [0.717, 1.165) is 83.2 Å². The summed E-state index contributed by atoms with van der Waals surface area (Å²) in [5, 5.41) is 2.10. The molecule has 0 bridgehead atoms. The van der Waals surface area contributed by atoms with Crippen LogP contribution in [-0.2, 0) is 48.1 Å². The minimum Gasteiger partial charge on any atom is -0.510 e. The molecule has 0 saturated carbocycles. The van der Waals surface area contributed by atoms with Crippen LogP contribution >= 0.6 is 0 Å². The zero-order valence-corrected chi connectivity index (χ0v) is 56.9. The van der Waals surface area contributed by atoms with Crippen LogP contribution in [0.5, 0.6) is 11.5 Å². The van der Waals surface area contributed by atoms with Gasteiger partial charge in [-0.1, -0.05) is 260 Å². The van der Waals surface area contributed by atoms with E-state index in [0.29, 0.717) is 28.4 Å². The number of rotatable bonds is 6. The summed E-state index contributed by atoms with van der Waals surface area (Å²) in [6, 6.07) is 91.1. The Morgan fingerprint density at radius 1 is 0.443 bits per heavy atom. The molecule has 4 aliphatic carbocycles. The molecule has 5 unspecified atom stereocenters. The minimum atomic E-state index is -0.504. The first-order valence-electron chi connectivity index (χ1n) is 35.9. The van der Waals surface area contributed by atoms with E-state index in [1.807, 2.05) is 48.7 Å². The van der Waals surface area contributed by atoms with Crippen LogP contribution < -0.4 is 9.30 Å². The smallest absolute Gasteiger partial charge is 0.268 e. The number of para-hydroxylation sites is 2. The molecular formula is C91H66N4OPt-2. The fourth-order valence-electron chi connectivity index (χ4n) is 20.2. The van der Waals surface area contributed by atoms with Gasteiger partial charge in [-0.15, -0.1) is 29.7 Å². The van der Waals surface area contributed by atoms with Crippen molar-refractivity contribution < 1.29 is 37.2 Å². The molecule has 15 aromatic rings. The number of nitrogens with zero attached hydrogens (tertiary/aromatic N) is 4. The van der Waals surface area contributed by atoms with Crippen LogP contribution in [0.4, 0.5) is 0 Å². The number of pyridine rings is 1. The van der Waals surface area contributed by atoms with Crippen LogP contribution in [0.15, 0.2) is 273 Å². The number of benzene rings is 12. The molecule has 4 heterocycles. The number of aromatic nitrogens is 4. The van der Waals surface area contributed by atoms with E-state index in [9.17, 15) is 2.74 Å². The summed E-state index contributed by atoms with van der Waals surface area (Å²) >= 11 is 0. The van der Waals surface area contributed by atoms with Crippen molar-refractivity contribution >= 4 is 32.8 Å². The van der Waals surface area contributed by atoms with E-state index in [1.165, 1.54) is 50.1 Å². The van der Waals surface area contributed by atoms with Gasteiger partial charge in [0.25, 0.3) is 6.33 Å². The Bertz CT molecular complexity index is 6180. The Labute approximate surface area is 587 Å². The predicted molar refractivity (Wildman–Crippen MR) is 387 cm³/mol. The Balaban J connectivity index is 0.00000720. The topological polar surface area (TPSA) is 35.9 Å². The maximum absolute atomic E-state index is 9.61. The molecule has 5 aliphatic rings. The van der Waals surface area contributed by atoms with Crippen LogP contribution in [0.1, 0.15) is 105 Å². The summed E-state index contributed by atoms with van der Waals surface area (Å²) < 4.78 is 59.4. The zero-order valence-electron chi connectivity index (χ0n) is 59.6. The molecule has 0 saturated heterocycles. The molecule has 1 spiro atoms. The van der Waals surface area contributed by atoms with Gasteiger partial charge in [0.1, 0.15) is 5.82 Å². The summed E-state index contributed by atoms with van der Waals surface area (Å²) in [6.07, 6.45) is 5.82. The molecule has 1 aliphatic heterocycles. The van der Waals surface area contributed by atoms with Gasteiger partial charge < -0.3 is 13.9 Å². The van der Waals surface area contributed by atoms with Crippen molar-refractivity contribution in [1.82, 2.24) is 14.1 Å². The first kappa shape index (κ1) is 52.8. The van der Waals surface area contributed by atoms with E-state index in [1.54, 1.807) is 0 Å². The second kappa shape index (κ2) is 20.1. The number of hydrogen-bond acceptors (Lipinski definition) is 2. The van der Waals surface area contributed by atoms with E-state index in [-0.39, 0.29) is 55.0 Å². The van der Waals surface area contributed by atoms with Gasteiger partial charge in [-0.2, -0.15) is 18.2 Å². The molecule has 12 aromatic carbocycles. The molecule has 0 amide bonds. The summed E-state index contributed by atoms with van der Waals surface area (Å²) in [6.45, 7) is 16.9. The average Bonchev–Trinajstić information content (AvgIpc) is 1.41. The van der Waals surface area contributed by atoms with Gasteiger partial charge in [0.15, 0.2) is 0 Å². The molecule has 6 heteroatoms. The molecule has 468 valence electrons. The van der Waals surface area contributed by atoms with Gasteiger partial charge in [-0.05, 0) is 153 Å². The molecule has 20 rings (SSSR count).